The highest BCUT2D eigenvalue weighted by molar-refractivity contribution is 6.99. The molecule has 0 unspecified atom stereocenters. The molecule has 1 saturated heterocycles. The molecule has 0 aromatic heterocycles. The number of nitriles is 1. The van der Waals surface area contributed by atoms with Gasteiger partial charge < -0.3 is 19.2 Å². The summed E-state index contributed by atoms with van der Waals surface area (Å²) in [4.78, 5) is 12.5. The van der Waals surface area contributed by atoms with Crippen molar-refractivity contribution in [3.8, 4) is 6.07 Å². The van der Waals surface area contributed by atoms with Gasteiger partial charge in [0.1, 0.15) is 6.61 Å². The van der Waals surface area contributed by atoms with Crippen molar-refractivity contribution < 1.29 is 18.7 Å². The van der Waals surface area contributed by atoms with Crippen molar-refractivity contribution in [3.63, 3.8) is 0 Å². The molecule has 1 amide bonds. The summed E-state index contributed by atoms with van der Waals surface area (Å²) in [5.41, 5.74) is -0.240. The molecule has 2 atom stereocenters. The number of alkyl carbamates (subject to hydrolysis) is 1. The van der Waals surface area contributed by atoms with Crippen molar-refractivity contribution in [2.45, 2.75) is 56.9 Å². The fraction of sp³-hybridized carbons (Fsp3) is 0.355. The van der Waals surface area contributed by atoms with Crippen LogP contribution in [0.1, 0.15) is 39.2 Å². The number of hydrogen-bond acceptors (Lipinski definition) is 5. The van der Waals surface area contributed by atoms with Crippen LogP contribution in [-0.4, -0.2) is 39.3 Å². The third-order valence-corrected chi connectivity index (χ3v) is 12.1. The molecule has 6 nitrogen and oxygen atoms in total. The highest BCUT2D eigenvalue weighted by Crippen LogP contribution is 2.37. The largest absolute Gasteiger partial charge is 0.445 e. The lowest BCUT2D eigenvalue weighted by Crippen LogP contribution is -2.67. The third kappa shape index (κ3) is 6.16. The molecule has 1 aliphatic rings. The van der Waals surface area contributed by atoms with E-state index in [9.17, 15) is 10.1 Å². The molecule has 1 aliphatic heterocycles. The van der Waals surface area contributed by atoms with Crippen LogP contribution >= 0.6 is 0 Å². The SMILES string of the molecule is CC(C)(C)[Si](OC[C@H]1CC[C@@](C#N)(NC(=O)OCc2ccccc2)CO1)(c1ccccc1)c1ccccc1. The minimum atomic E-state index is -2.68. The summed E-state index contributed by atoms with van der Waals surface area (Å²) < 4.78 is 18.5. The van der Waals surface area contributed by atoms with E-state index in [4.69, 9.17) is 13.9 Å². The summed E-state index contributed by atoms with van der Waals surface area (Å²) in [5.74, 6) is 0. The van der Waals surface area contributed by atoms with Crippen LogP contribution in [0.3, 0.4) is 0 Å². The highest BCUT2D eigenvalue weighted by Gasteiger charge is 2.50. The average molecular weight is 529 g/mol. The van der Waals surface area contributed by atoms with Crippen molar-refractivity contribution in [1.29, 1.82) is 5.26 Å². The van der Waals surface area contributed by atoms with Crippen LogP contribution in [0.2, 0.25) is 5.04 Å². The fourth-order valence-corrected chi connectivity index (χ4v) is 9.69. The summed E-state index contributed by atoms with van der Waals surface area (Å²) in [6.07, 6.45) is 0.241. The molecular formula is C31H36N2O4Si. The summed E-state index contributed by atoms with van der Waals surface area (Å²) >= 11 is 0. The number of carbonyl (C=O) groups excluding carboxylic acids is 1. The monoisotopic (exact) mass is 528 g/mol. The fourth-order valence-electron chi connectivity index (χ4n) is 5.10. The molecule has 4 rings (SSSR count). The van der Waals surface area contributed by atoms with Crippen LogP contribution in [0.25, 0.3) is 0 Å². The second-order valence-electron chi connectivity index (χ2n) is 10.8. The van der Waals surface area contributed by atoms with E-state index < -0.39 is 19.9 Å². The maximum Gasteiger partial charge on any atom is 0.408 e. The molecule has 7 heteroatoms. The van der Waals surface area contributed by atoms with E-state index in [0.29, 0.717) is 19.4 Å². The summed E-state index contributed by atoms with van der Waals surface area (Å²) in [5, 5.41) is 14.9. The quantitative estimate of drug-likeness (QED) is 0.419. The number of ether oxygens (including phenoxy) is 2. The molecule has 0 saturated carbocycles. The molecular weight excluding hydrogens is 492 g/mol. The predicted molar refractivity (Wildman–Crippen MR) is 151 cm³/mol. The Hall–Kier alpha value is -3.44. The normalized spacial score (nSPS) is 19.8. The summed E-state index contributed by atoms with van der Waals surface area (Å²) in [6, 6.07) is 32.7. The molecule has 1 heterocycles. The van der Waals surface area contributed by atoms with Crippen molar-refractivity contribution in [1.82, 2.24) is 5.32 Å². The first kappa shape index (κ1) is 27.6. The Balaban J connectivity index is 1.43. The van der Waals surface area contributed by atoms with Crippen LogP contribution < -0.4 is 15.7 Å². The Bertz CT molecular complexity index is 1180. The first-order chi connectivity index (χ1) is 18.3. The van der Waals surface area contributed by atoms with Gasteiger partial charge in [0.2, 0.25) is 0 Å². The molecule has 1 fully saturated rings. The topological polar surface area (TPSA) is 80.6 Å². The van der Waals surface area contributed by atoms with Crippen molar-refractivity contribution in [2.75, 3.05) is 13.2 Å². The molecule has 0 bridgehead atoms. The maximum atomic E-state index is 12.5. The van der Waals surface area contributed by atoms with Gasteiger partial charge >= 0.3 is 6.09 Å². The van der Waals surface area contributed by atoms with Gasteiger partial charge in [-0.3, -0.25) is 0 Å². The van der Waals surface area contributed by atoms with Crippen molar-refractivity contribution >= 4 is 24.8 Å². The highest BCUT2D eigenvalue weighted by atomic mass is 28.4. The number of rotatable bonds is 8. The molecule has 198 valence electrons. The average Bonchev–Trinajstić information content (AvgIpc) is 2.94. The summed E-state index contributed by atoms with van der Waals surface area (Å²) in [6.45, 7) is 7.36. The zero-order valence-corrected chi connectivity index (χ0v) is 23.4. The Labute approximate surface area is 226 Å². The van der Waals surface area contributed by atoms with Gasteiger partial charge in [-0.1, -0.05) is 112 Å². The van der Waals surface area contributed by atoms with Gasteiger partial charge in [-0.25, -0.2) is 4.79 Å². The van der Waals surface area contributed by atoms with Crippen LogP contribution in [0.15, 0.2) is 91.0 Å². The van der Waals surface area contributed by atoms with Gasteiger partial charge in [-0.05, 0) is 33.8 Å². The number of nitrogens with zero attached hydrogens (tertiary/aromatic N) is 1. The zero-order valence-electron chi connectivity index (χ0n) is 22.4. The van der Waals surface area contributed by atoms with Gasteiger partial charge in [0.05, 0.1) is 25.4 Å². The number of benzene rings is 3. The second-order valence-corrected chi connectivity index (χ2v) is 15.1. The van der Waals surface area contributed by atoms with Gasteiger partial charge in [0.25, 0.3) is 8.32 Å². The molecule has 0 aliphatic carbocycles. The minimum absolute atomic E-state index is 0.0821. The predicted octanol–water partition coefficient (Wildman–Crippen LogP) is 4.93. The number of hydrogen-bond donors (Lipinski definition) is 1. The lowest BCUT2D eigenvalue weighted by atomic mass is 9.92. The number of amides is 1. The molecule has 1 N–H and O–H groups in total. The first-order valence-corrected chi connectivity index (χ1v) is 15.0. The number of carbonyl (C=O) groups is 1. The van der Waals surface area contributed by atoms with Crippen LogP contribution in [0.5, 0.6) is 0 Å². The Morgan fingerprint density at radius 3 is 2.03 bits per heavy atom. The zero-order chi connectivity index (χ0) is 27.1. The van der Waals surface area contributed by atoms with E-state index in [2.05, 4.69) is 80.7 Å². The van der Waals surface area contributed by atoms with Gasteiger partial charge in [0, 0.05) is 0 Å². The second kappa shape index (κ2) is 12.0. The smallest absolute Gasteiger partial charge is 0.408 e. The Morgan fingerprint density at radius 2 is 1.55 bits per heavy atom. The van der Waals surface area contributed by atoms with Crippen LogP contribution in [-0.2, 0) is 20.5 Å². The lowest BCUT2D eigenvalue weighted by molar-refractivity contribution is -0.0438. The van der Waals surface area contributed by atoms with Gasteiger partial charge in [-0.2, -0.15) is 5.26 Å². The molecule has 0 radical (unpaired) electrons. The lowest BCUT2D eigenvalue weighted by Gasteiger charge is -2.44. The molecule has 3 aromatic rings. The molecule has 38 heavy (non-hydrogen) atoms. The summed E-state index contributed by atoms with van der Waals surface area (Å²) in [7, 11) is -2.68. The third-order valence-electron chi connectivity index (χ3n) is 7.13. The van der Waals surface area contributed by atoms with E-state index >= 15 is 0 Å². The van der Waals surface area contributed by atoms with Crippen molar-refractivity contribution in [2.24, 2.45) is 0 Å². The Morgan fingerprint density at radius 1 is 1.00 bits per heavy atom. The van der Waals surface area contributed by atoms with Gasteiger partial charge in [0.15, 0.2) is 5.54 Å². The standard InChI is InChI=1S/C31H36N2O4Si/c1-30(2,3)38(27-15-9-5-10-16-27,28-17-11-6-12-18-28)37-22-26-19-20-31(23-32,24-36-26)33-29(34)35-21-25-13-7-4-8-14-25/h4-18,26H,19-22,24H2,1-3H3,(H,33,34)/t26-,31+/m1/s1. The number of nitrogens with one attached hydrogen (secondary N) is 1. The van der Waals surface area contributed by atoms with Gasteiger partial charge in [-0.15, -0.1) is 0 Å². The van der Waals surface area contributed by atoms with E-state index in [0.717, 1.165) is 5.56 Å². The molecule has 3 aromatic carbocycles. The van der Waals surface area contributed by atoms with E-state index in [1.807, 2.05) is 42.5 Å². The maximum absolute atomic E-state index is 12.5. The van der Waals surface area contributed by atoms with Crippen molar-refractivity contribution in [3.05, 3.63) is 96.6 Å². The first-order valence-electron chi connectivity index (χ1n) is 13.0. The van der Waals surface area contributed by atoms with Crippen LogP contribution in [0.4, 0.5) is 4.79 Å². The van der Waals surface area contributed by atoms with E-state index in [1.165, 1.54) is 10.4 Å². The van der Waals surface area contributed by atoms with E-state index in [-0.39, 0.29) is 24.4 Å². The molecule has 0 spiro atoms. The van der Waals surface area contributed by atoms with Crippen LogP contribution in [0, 0.1) is 11.3 Å². The van der Waals surface area contributed by atoms with E-state index in [1.54, 1.807) is 0 Å². The Kier molecular flexibility index (Phi) is 8.68. The minimum Gasteiger partial charge on any atom is -0.445 e.